The lowest BCUT2D eigenvalue weighted by molar-refractivity contribution is -0.115. The lowest BCUT2D eigenvalue weighted by atomic mass is 10.1. The maximum atomic E-state index is 12.1. The molecule has 1 rings (SSSR count). The molecule has 0 atom stereocenters. The topological polar surface area (TPSA) is 70.7 Å². The zero-order valence-corrected chi connectivity index (χ0v) is 13.2. The second-order valence-electron chi connectivity index (χ2n) is 4.61. The van der Waals surface area contributed by atoms with Crippen LogP contribution in [-0.4, -0.2) is 57.6 Å². The molecule has 2 amide bonds. The third-order valence-corrected chi connectivity index (χ3v) is 2.90. The van der Waals surface area contributed by atoms with Gasteiger partial charge in [-0.05, 0) is 18.2 Å². The highest BCUT2D eigenvalue weighted by Crippen LogP contribution is 2.22. The van der Waals surface area contributed by atoms with Crippen LogP contribution in [0.25, 0.3) is 0 Å². The van der Waals surface area contributed by atoms with E-state index in [-0.39, 0.29) is 18.4 Å². The predicted octanol–water partition coefficient (Wildman–Crippen LogP) is 1.22. The first kappa shape index (κ1) is 17.4. The maximum absolute atomic E-state index is 12.1. The summed E-state index contributed by atoms with van der Waals surface area (Å²) in [6.07, 6.45) is 0. The molecule has 6 nitrogen and oxygen atoms in total. The van der Waals surface area contributed by atoms with E-state index in [0.29, 0.717) is 29.4 Å². The minimum absolute atomic E-state index is 0.130. The number of rotatable bonds is 7. The van der Waals surface area contributed by atoms with Crippen molar-refractivity contribution < 1.29 is 14.3 Å². The fourth-order valence-electron chi connectivity index (χ4n) is 1.62. The largest absolute Gasteiger partial charge is 0.383 e. The minimum atomic E-state index is -0.249. The number of nitrogens with zero attached hydrogens (tertiary/aromatic N) is 1. The SMILES string of the molecule is COCCNCC(=O)Nc1cc(Cl)ccc1C(=O)N(C)C. The Morgan fingerprint density at radius 1 is 1.33 bits per heavy atom. The van der Waals surface area contributed by atoms with Crippen molar-refractivity contribution in [3.05, 3.63) is 28.8 Å². The van der Waals surface area contributed by atoms with Crippen molar-refractivity contribution in [1.29, 1.82) is 0 Å². The lowest BCUT2D eigenvalue weighted by Crippen LogP contribution is -2.31. The second-order valence-corrected chi connectivity index (χ2v) is 5.04. The summed E-state index contributed by atoms with van der Waals surface area (Å²) in [6.45, 7) is 1.23. The average Bonchev–Trinajstić information content (AvgIpc) is 2.43. The van der Waals surface area contributed by atoms with Crippen LogP contribution in [0.4, 0.5) is 5.69 Å². The van der Waals surface area contributed by atoms with E-state index < -0.39 is 0 Å². The highest BCUT2D eigenvalue weighted by Gasteiger charge is 2.15. The Balaban J connectivity index is 2.75. The number of amides is 2. The molecular formula is C14H20ClN3O3. The van der Waals surface area contributed by atoms with E-state index in [4.69, 9.17) is 16.3 Å². The molecule has 0 aliphatic heterocycles. The standard InChI is InChI=1S/C14H20ClN3O3/c1-18(2)14(20)11-5-4-10(15)8-12(11)17-13(19)9-16-6-7-21-3/h4-5,8,16H,6-7,9H2,1-3H3,(H,17,19). The Labute approximate surface area is 129 Å². The Hall–Kier alpha value is -1.63. The van der Waals surface area contributed by atoms with Crippen LogP contribution in [0.1, 0.15) is 10.4 Å². The van der Waals surface area contributed by atoms with Crippen molar-refractivity contribution in [2.45, 2.75) is 0 Å². The van der Waals surface area contributed by atoms with Gasteiger partial charge in [0.15, 0.2) is 0 Å². The number of anilines is 1. The normalized spacial score (nSPS) is 10.3. The number of hydrogen-bond acceptors (Lipinski definition) is 4. The zero-order valence-electron chi connectivity index (χ0n) is 12.4. The van der Waals surface area contributed by atoms with Gasteiger partial charge in [0.1, 0.15) is 0 Å². The van der Waals surface area contributed by atoms with Gasteiger partial charge in [0.2, 0.25) is 5.91 Å². The first-order valence-electron chi connectivity index (χ1n) is 6.46. The fraction of sp³-hybridized carbons (Fsp3) is 0.429. The molecule has 0 aliphatic rings. The van der Waals surface area contributed by atoms with Gasteiger partial charge in [-0.3, -0.25) is 9.59 Å². The fourth-order valence-corrected chi connectivity index (χ4v) is 1.79. The summed E-state index contributed by atoms with van der Waals surface area (Å²) < 4.78 is 4.87. The predicted molar refractivity (Wildman–Crippen MR) is 82.8 cm³/mol. The summed E-state index contributed by atoms with van der Waals surface area (Å²) in [5.41, 5.74) is 0.800. The molecule has 0 fully saturated rings. The van der Waals surface area contributed by atoms with Gasteiger partial charge in [0, 0.05) is 32.8 Å². The van der Waals surface area contributed by atoms with E-state index in [2.05, 4.69) is 10.6 Å². The van der Waals surface area contributed by atoms with Gasteiger partial charge in [-0.1, -0.05) is 11.6 Å². The number of carbonyl (C=O) groups is 2. The molecule has 0 saturated carbocycles. The molecule has 7 heteroatoms. The van der Waals surface area contributed by atoms with Crippen molar-refractivity contribution in [3.8, 4) is 0 Å². The molecule has 21 heavy (non-hydrogen) atoms. The summed E-state index contributed by atoms with van der Waals surface area (Å²) >= 11 is 5.92. The van der Waals surface area contributed by atoms with Crippen LogP contribution >= 0.6 is 11.6 Å². The van der Waals surface area contributed by atoms with Crippen molar-refractivity contribution in [3.63, 3.8) is 0 Å². The van der Waals surface area contributed by atoms with E-state index in [1.165, 1.54) is 4.90 Å². The summed E-state index contributed by atoms with van der Waals surface area (Å²) in [5, 5.41) is 6.07. The Morgan fingerprint density at radius 3 is 2.67 bits per heavy atom. The lowest BCUT2D eigenvalue weighted by Gasteiger charge is -2.15. The van der Waals surface area contributed by atoms with Gasteiger partial charge in [0.25, 0.3) is 5.91 Å². The maximum Gasteiger partial charge on any atom is 0.255 e. The third kappa shape index (κ3) is 5.71. The molecule has 0 unspecified atom stereocenters. The van der Waals surface area contributed by atoms with Crippen LogP contribution in [-0.2, 0) is 9.53 Å². The molecule has 0 heterocycles. The summed E-state index contributed by atoms with van der Waals surface area (Å²) in [7, 11) is 4.89. The van der Waals surface area contributed by atoms with Crippen LogP contribution in [0.15, 0.2) is 18.2 Å². The van der Waals surface area contributed by atoms with Crippen LogP contribution in [0, 0.1) is 0 Å². The highest BCUT2D eigenvalue weighted by molar-refractivity contribution is 6.31. The van der Waals surface area contributed by atoms with Gasteiger partial charge >= 0.3 is 0 Å². The van der Waals surface area contributed by atoms with Gasteiger partial charge < -0.3 is 20.3 Å². The Kier molecular flexibility index (Phi) is 7.14. The smallest absolute Gasteiger partial charge is 0.255 e. The summed E-state index contributed by atoms with van der Waals surface area (Å²) in [5.74, 6) is -0.449. The number of benzene rings is 1. The number of carbonyl (C=O) groups excluding carboxylic acids is 2. The molecular weight excluding hydrogens is 294 g/mol. The Bertz CT molecular complexity index is 506. The molecule has 0 spiro atoms. The molecule has 2 N–H and O–H groups in total. The van der Waals surface area contributed by atoms with E-state index in [9.17, 15) is 9.59 Å². The van der Waals surface area contributed by atoms with Gasteiger partial charge in [0.05, 0.1) is 24.4 Å². The zero-order chi connectivity index (χ0) is 15.8. The van der Waals surface area contributed by atoms with Crippen molar-refractivity contribution in [2.75, 3.05) is 46.2 Å². The average molecular weight is 314 g/mol. The Morgan fingerprint density at radius 2 is 2.05 bits per heavy atom. The third-order valence-electron chi connectivity index (χ3n) is 2.66. The molecule has 1 aromatic carbocycles. The monoisotopic (exact) mass is 313 g/mol. The van der Waals surface area contributed by atoms with E-state index in [0.717, 1.165) is 0 Å². The second kappa shape index (κ2) is 8.61. The van der Waals surface area contributed by atoms with Crippen molar-refractivity contribution >= 4 is 29.1 Å². The number of ether oxygens (including phenoxy) is 1. The van der Waals surface area contributed by atoms with Gasteiger partial charge in [-0.15, -0.1) is 0 Å². The number of methoxy groups -OCH3 is 1. The van der Waals surface area contributed by atoms with Crippen LogP contribution in [0.3, 0.4) is 0 Å². The summed E-state index contributed by atoms with van der Waals surface area (Å²) in [4.78, 5) is 25.3. The molecule has 0 saturated heterocycles. The number of nitrogens with one attached hydrogen (secondary N) is 2. The first-order chi connectivity index (χ1) is 9.95. The van der Waals surface area contributed by atoms with E-state index in [1.807, 2.05) is 0 Å². The first-order valence-corrected chi connectivity index (χ1v) is 6.84. The van der Waals surface area contributed by atoms with Crippen LogP contribution < -0.4 is 10.6 Å². The molecule has 0 radical (unpaired) electrons. The van der Waals surface area contributed by atoms with Crippen molar-refractivity contribution in [1.82, 2.24) is 10.2 Å². The number of hydrogen-bond donors (Lipinski definition) is 2. The minimum Gasteiger partial charge on any atom is -0.383 e. The van der Waals surface area contributed by atoms with Crippen molar-refractivity contribution in [2.24, 2.45) is 0 Å². The molecule has 0 aliphatic carbocycles. The molecule has 1 aromatic rings. The van der Waals surface area contributed by atoms with E-state index >= 15 is 0 Å². The number of halogens is 1. The van der Waals surface area contributed by atoms with Crippen LogP contribution in [0.5, 0.6) is 0 Å². The highest BCUT2D eigenvalue weighted by atomic mass is 35.5. The quantitative estimate of drug-likeness (QED) is 0.743. The molecule has 0 aromatic heterocycles. The van der Waals surface area contributed by atoms with Gasteiger partial charge in [-0.2, -0.15) is 0 Å². The summed E-state index contributed by atoms with van der Waals surface area (Å²) in [6, 6.07) is 4.77. The van der Waals surface area contributed by atoms with E-state index in [1.54, 1.807) is 39.4 Å². The molecule has 0 bridgehead atoms. The van der Waals surface area contributed by atoms with Gasteiger partial charge in [-0.25, -0.2) is 0 Å². The molecule has 116 valence electrons. The van der Waals surface area contributed by atoms with Crippen LogP contribution in [0.2, 0.25) is 5.02 Å².